The summed E-state index contributed by atoms with van der Waals surface area (Å²) in [5.41, 5.74) is -4.33. The van der Waals surface area contributed by atoms with E-state index >= 15 is 0 Å². The van der Waals surface area contributed by atoms with Crippen molar-refractivity contribution in [3.8, 4) is 0 Å². The van der Waals surface area contributed by atoms with E-state index in [0.717, 1.165) is 6.08 Å². The second-order valence-electron chi connectivity index (χ2n) is 6.96. The zero-order chi connectivity index (χ0) is 16.6. The zero-order valence-corrected chi connectivity index (χ0v) is 11.9. The van der Waals surface area contributed by atoms with E-state index in [1.54, 1.807) is 0 Å². The van der Waals surface area contributed by atoms with Crippen LogP contribution in [0.3, 0.4) is 0 Å². The van der Waals surface area contributed by atoms with Gasteiger partial charge in [0.2, 0.25) is 11.9 Å². The molecule has 4 fully saturated rings. The highest BCUT2D eigenvalue weighted by Gasteiger charge is 2.94. The van der Waals surface area contributed by atoms with Crippen LogP contribution in [0.2, 0.25) is 0 Å². The van der Waals surface area contributed by atoms with Gasteiger partial charge >= 0.3 is 17.9 Å². The highest BCUT2D eigenvalue weighted by Crippen LogP contribution is 2.79. The molecule has 0 aromatic carbocycles. The monoisotopic (exact) mass is 334 g/mol. The van der Waals surface area contributed by atoms with Gasteiger partial charge in [0.05, 0.1) is 16.9 Å². The fourth-order valence-electron chi connectivity index (χ4n) is 5.62. The number of aliphatic hydroxyl groups is 2. The van der Waals surface area contributed by atoms with Crippen LogP contribution in [0, 0.1) is 10.8 Å². The first-order valence-corrected chi connectivity index (χ1v) is 7.51. The van der Waals surface area contributed by atoms with E-state index in [1.807, 2.05) is 0 Å². The van der Waals surface area contributed by atoms with Crippen molar-refractivity contribution in [2.75, 3.05) is 0 Å². The van der Waals surface area contributed by atoms with Gasteiger partial charge < -0.3 is 29.2 Å². The second-order valence-corrected chi connectivity index (χ2v) is 6.96. The summed E-state index contributed by atoms with van der Waals surface area (Å²) in [5, 5.41) is 21.0. The van der Waals surface area contributed by atoms with Gasteiger partial charge in [0.1, 0.15) is 11.9 Å². The molecule has 4 heterocycles. The number of carbonyl (C=O) groups excluding carboxylic acids is 3. The third kappa shape index (κ3) is 0.884. The molecular weight excluding hydrogens is 324 g/mol. The average molecular weight is 334 g/mol. The molecule has 24 heavy (non-hydrogen) atoms. The first kappa shape index (κ1) is 13.1. The summed E-state index contributed by atoms with van der Waals surface area (Å²) in [5.74, 6) is -2.18. The molecule has 6 aliphatic rings. The number of esters is 3. The van der Waals surface area contributed by atoms with Crippen LogP contribution in [0.15, 0.2) is 23.5 Å². The maximum Gasteiger partial charge on any atom is 0.344 e. The zero-order valence-electron chi connectivity index (χ0n) is 11.9. The van der Waals surface area contributed by atoms with Gasteiger partial charge in [0, 0.05) is 11.6 Å². The summed E-state index contributed by atoms with van der Waals surface area (Å²) in [6.07, 6.45) is -2.38. The van der Waals surface area contributed by atoms with Crippen molar-refractivity contribution in [1.29, 1.82) is 0 Å². The number of aliphatic hydroxyl groups excluding tert-OH is 2. The third-order valence-corrected chi connectivity index (χ3v) is 6.33. The molecule has 0 aromatic heterocycles. The van der Waals surface area contributed by atoms with Gasteiger partial charge in [-0.2, -0.15) is 0 Å². The Hall–Kier alpha value is -2.23. The van der Waals surface area contributed by atoms with Crippen LogP contribution in [0.4, 0.5) is 0 Å². The van der Waals surface area contributed by atoms with Crippen LogP contribution >= 0.6 is 0 Å². The van der Waals surface area contributed by atoms with Gasteiger partial charge in [-0.15, -0.1) is 0 Å². The molecule has 6 rings (SSSR count). The Balaban J connectivity index is 1.72. The predicted octanol–water partition coefficient (Wildman–Crippen LogP) is -1.96. The number of ether oxygens (including phenoxy) is 4. The Morgan fingerprint density at radius 3 is 2.75 bits per heavy atom. The first-order chi connectivity index (χ1) is 11.4. The molecule has 0 aromatic rings. The van der Waals surface area contributed by atoms with E-state index in [1.165, 1.54) is 6.08 Å². The van der Waals surface area contributed by atoms with E-state index in [0.29, 0.717) is 0 Å². The Morgan fingerprint density at radius 2 is 1.96 bits per heavy atom. The fourth-order valence-corrected chi connectivity index (χ4v) is 5.62. The van der Waals surface area contributed by atoms with Gasteiger partial charge in [-0.1, -0.05) is 0 Å². The molecule has 124 valence electrons. The van der Waals surface area contributed by atoms with Crippen molar-refractivity contribution in [2.45, 2.75) is 36.6 Å². The number of rotatable bonds is 0. The van der Waals surface area contributed by atoms with Crippen molar-refractivity contribution < 1.29 is 43.5 Å². The maximum atomic E-state index is 12.7. The minimum absolute atomic E-state index is 0.0464. The van der Waals surface area contributed by atoms with E-state index in [2.05, 4.69) is 0 Å². The minimum atomic E-state index is -1.76. The molecule has 2 aliphatic carbocycles. The Kier molecular flexibility index (Phi) is 1.79. The lowest BCUT2D eigenvalue weighted by Crippen LogP contribution is -2.54. The lowest BCUT2D eigenvalue weighted by Gasteiger charge is -2.36. The highest BCUT2D eigenvalue weighted by atomic mass is 16.7. The Labute approximate surface area is 133 Å². The molecule has 2 spiro atoms. The van der Waals surface area contributed by atoms with E-state index in [-0.39, 0.29) is 17.8 Å². The molecule has 0 amide bonds. The first-order valence-electron chi connectivity index (χ1n) is 7.51. The lowest BCUT2D eigenvalue weighted by molar-refractivity contribution is -0.188. The second kappa shape index (κ2) is 3.28. The van der Waals surface area contributed by atoms with Gasteiger partial charge in [0.15, 0.2) is 6.10 Å². The van der Waals surface area contributed by atoms with Crippen molar-refractivity contribution >= 4 is 17.9 Å². The van der Waals surface area contributed by atoms with Crippen molar-refractivity contribution in [2.24, 2.45) is 10.8 Å². The number of hydrogen-bond acceptors (Lipinski definition) is 9. The maximum absolute atomic E-state index is 12.7. The third-order valence-electron chi connectivity index (χ3n) is 6.33. The predicted molar refractivity (Wildman–Crippen MR) is 67.3 cm³/mol. The Morgan fingerprint density at radius 1 is 1.17 bits per heavy atom. The summed E-state index contributed by atoms with van der Waals surface area (Å²) >= 11 is 0. The molecule has 4 aliphatic heterocycles. The van der Waals surface area contributed by atoms with Gasteiger partial charge in [-0.05, 0) is 12.5 Å². The summed E-state index contributed by atoms with van der Waals surface area (Å²) in [6, 6.07) is 0. The lowest BCUT2D eigenvalue weighted by atomic mass is 9.58. The molecule has 0 radical (unpaired) electrons. The van der Waals surface area contributed by atoms with Crippen LogP contribution in [-0.4, -0.2) is 58.3 Å². The average Bonchev–Trinajstić information content (AvgIpc) is 3.23. The summed E-state index contributed by atoms with van der Waals surface area (Å²) in [7, 11) is 0. The largest absolute Gasteiger partial charge is 0.456 e. The normalized spacial score (nSPS) is 55.3. The molecule has 7 atom stereocenters. The fraction of sp³-hybridized carbons (Fsp3) is 0.533. The van der Waals surface area contributed by atoms with Crippen LogP contribution in [0.25, 0.3) is 0 Å². The van der Waals surface area contributed by atoms with Crippen LogP contribution in [0.5, 0.6) is 0 Å². The SMILES string of the molecule is O=C1C=C2C(=C[C@@]34C5OC(=O)C23OC2OC(=O)[C@H](O)C24C[C@H]5O)O1. The van der Waals surface area contributed by atoms with Crippen molar-refractivity contribution in [3.63, 3.8) is 0 Å². The van der Waals surface area contributed by atoms with Gasteiger partial charge in [-0.3, -0.25) is 0 Å². The van der Waals surface area contributed by atoms with Crippen LogP contribution < -0.4 is 0 Å². The molecule has 9 heteroatoms. The quantitative estimate of drug-likeness (QED) is 0.383. The molecule has 3 saturated heterocycles. The number of carbonyl (C=O) groups is 3. The molecule has 1 saturated carbocycles. The summed E-state index contributed by atoms with van der Waals surface area (Å²) < 4.78 is 21.5. The number of hydrogen-bond donors (Lipinski definition) is 2. The summed E-state index contributed by atoms with van der Waals surface area (Å²) in [6.45, 7) is 0. The van der Waals surface area contributed by atoms with Crippen LogP contribution in [0.1, 0.15) is 6.42 Å². The van der Waals surface area contributed by atoms with E-state index < -0.39 is 58.9 Å². The molecular formula is C15H10O9. The molecule has 4 unspecified atom stereocenters. The van der Waals surface area contributed by atoms with E-state index in [9.17, 15) is 24.6 Å². The highest BCUT2D eigenvalue weighted by molar-refractivity contribution is 6.00. The summed E-state index contributed by atoms with van der Waals surface area (Å²) in [4.78, 5) is 36.3. The van der Waals surface area contributed by atoms with Crippen molar-refractivity contribution in [1.82, 2.24) is 0 Å². The van der Waals surface area contributed by atoms with Gasteiger partial charge in [-0.25, -0.2) is 14.4 Å². The molecule has 9 nitrogen and oxygen atoms in total. The minimum Gasteiger partial charge on any atom is -0.456 e. The Bertz CT molecular complexity index is 842. The molecule has 0 bridgehead atoms. The standard InChI is InChI=1S/C15H10O9/c16-5-2-13-8(18)10(19)23-12(13)24-15-4-1-7(17)21-6(4)3-14(13,15)9(5)22-11(15)20/h1,3,5,8-9,12,16,18H,2H2/t5-,8+,9?,12?,13?,14+,15?/m1/s1. The van der Waals surface area contributed by atoms with Gasteiger partial charge in [0.25, 0.3) is 0 Å². The topological polar surface area (TPSA) is 129 Å². The van der Waals surface area contributed by atoms with E-state index in [4.69, 9.17) is 18.9 Å². The smallest absolute Gasteiger partial charge is 0.344 e. The molecule has 2 N–H and O–H groups in total. The van der Waals surface area contributed by atoms with Crippen molar-refractivity contribution in [3.05, 3.63) is 23.5 Å². The number of fused-ring (bicyclic) bond motifs is 1. The van der Waals surface area contributed by atoms with Crippen LogP contribution in [-0.2, 0) is 33.3 Å².